The lowest BCUT2D eigenvalue weighted by Gasteiger charge is -2.10. The second-order valence-electron chi connectivity index (χ2n) is 5.56. The van der Waals surface area contributed by atoms with E-state index in [1.165, 1.54) is 25.7 Å². The molecule has 1 aromatic carbocycles. The minimum absolute atomic E-state index is 0.0584. The number of hydrogen-bond acceptors (Lipinski definition) is 2. The number of carbonyl (C=O) groups is 1. The molecule has 0 aromatic heterocycles. The van der Waals surface area contributed by atoms with Crippen molar-refractivity contribution in [2.24, 2.45) is 5.92 Å². The van der Waals surface area contributed by atoms with Crippen LogP contribution in [-0.2, 0) is 4.79 Å². The summed E-state index contributed by atoms with van der Waals surface area (Å²) in [5.41, 5.74) is 1.57. The SMILES string of the molecule is O=C(CCC1CCCC1)Nc1ccccc1C#CCCO. The lowest BCUT2D eigenvalue weighted by Crippen LogP contribution is -2.13. The Labute approximate surface area is 126 Å². The highest BCUT2D eigenvalue weighted by molar-refractivity contribution is 5.92. The molecule has 3 heteroatoms. The highest BCUT2D eigenvalue weighted by Gasteiger charge is 2.16. The summed E-state index contributed by atoms with van der Waals surface area (Å²) in [4.78, 5) is 12.1. The van der Waals surface area contributed by atoms with Crippen LogP contribution >= 0.6 is 0 Å². The Kier molecular flexibility index (Phi) is 6.30. The van der Waals surface area contributed by atoms with E-state index in [1.54, 1.807) is 0 Å². The lowest BCUT2D eigenvalue weighted by atomic mass is 10.0. The molecule has 0 heterocycles. The number of rotatable bonds is 5. The molecule has 21 heavy (non-hydrogen) atoms. The molecule has 0 unspecified atom stereocenters. The molecule has 1 saturated carbocycles. The fraction of sp³-hybridized carbons (Fsp3) is 0.500. The largest absolute Gasteiger partial charge is 0.395 e. The van der Waals surface area contributed by atoms with Gasteiger partial charge in [0, 0.05) is 18.4 Å². The van der Waals surface area contributed by atoms with Crippen molar-refractivity contribution in [1.29, 1.82) is 0 Å². The number of amides is 1. The zero-order chi connectivity index (χ0) is 14.9. The molecule has 112 valence electrons. The van der Waals surface area contributed by atoms with Crippen LogP contribution in [-0.4, -0.2) is 17.6 Å². The van der Waals surface area contributed by atoms with Crippen molar-refractivity contribution in [2.75, 3.05) is 11.9 Å². The maximum atomic E-state index is 12.1. The number of anilines is 1. The van der Waals surface area contributed by atoms with Crippen molar-refractivity contribution in [3.63, 3.8) is 0 Å². The fourth-order valence-corrected chi connectivity index (χ4v) is 2.76. The summed E-state index contributed by atoms with van der Waals surface area (Å²) in [5.74, 6) is 6.68. The number of para-hydroxylation sites is 1. The van der Waals surface area contributed by atoms with Crippen LogP contribution in [0.3, 0.4) is 0 Å². The lowest BCUT2D eigenvalue weighted by molar-refractivity contribution is -0.116. The van der Waals surface area contributed by atoms with Gasteiger partial charge in [0.25, 0.3) is 0 Å². The van der Waals surface area contributed by atoms with Crippen LogP contribution < -0.4 is 5.32 Å². The Morgan fingerprint density at radius 2 is 2.05 bits per heavy atom. The van der Waals surface area contributed by atoms with Crippen molar-refractivity contribution in [3.8, 4) is 11.8 Å². The van der Waals surface area contributed by atoms with Gasteiger partial charge in [-0.25, -0.2) is 0 Å². The van der Waals surface area contributed by atoms with Crippen LogP contribution in [0.15, 0.2) is 24.3 Å². The molecule has 0 atom stereocenters. The van der Waals surface area contributed by atoms with Crippen LogP contribution in [0, 0.1) is 17.8 Å². The molecule has 1 aromatic rings. The van der Waals surface area contributed by atoms with E-state index < -0.39 is 0 Å². The summed E-state index contributed by atoms with van der Waals surface area (Å²) in [7, 11) is 0. The third-order valence-corrected chi connectivity index (χ3v) is 3.92. The van der Waals surface area contributed by atoms with Gasteiger partial charge in [-0.2, -0.15) is 0 Å². The van der Waals surface area contributed by atoms with Gasteiger partial charge in [-0.1, -0.05) is 49.7 Å². The number of benzene rings is 1. The molecule has 1 fully saturated rings. The van der Waals surface area contributed by atoms with Crippen molar-refractivity contribution in [2.45, 2.75) is 44.9 Å². The number of carbonyl (C=O) groups excluding carboxylic acids is 1. The van der Waals surface area contributed by atoms with Gasteiger partial charge < -0.3 is 10.4 Å². The van der Waals surface area contributed by atoms with E-state index in [1.807, 2.05) is 24.3 Å². The quantitative estimate of drug-likeness (QED) is 0.815. The van der Waals surface area contributed by atoms with Crippen LogP contribution in [0.1, 0.15) is 50.5 Å². The molecule has 0 saturated heterocycles. The first-order valence-corrected chi connectivity index (χ1v) is 7.78. The average Bonchev–Trinajstić information content (AvgIpc) is 3.00. The molecule has 2 N–H and O–H groups in total. The maximum absolute atomic E-state index is 12.1. The summed E-state index contributed by atoms with van der Waals surface area (Å²) in [5, 5.41) is 11.7. The van der Waals surface area contributed by atoms with Gasteiger partial charge in [-0.05, 0) is 24.5 Å². The third-order valence-electron chi connectivity index (χ3n) is 3.92. The van der Waals surface area contributed by atoms with E-state index in [2.05, 4.69) is 17.2 Å². The third kappa shape index (κ3) is 5.24. The fourth-order valence-electron chi connectivity index (χ4n) is 2.76. The van der Waals surface area contributed by atoms with E-state index in [-0.39, 0.29) is 12.5 Å². The first kappa shape index (κ1) is 15.6. The molecule has 2 rings (SSSR count). The molecular weight excluding hydrogens is 262 g/mol. The summed E-state index contributed by atoms with van der Waals surface area (Å²) in [6.45, 7) is 0.0584. The Morgan fingerprint density at radius 1 is 1.29 bits per heavy atom. The molecule has 0 aliphatic heterocycles. The van der Waals surface area contributed by atoms with Gasteiger partial charge in [0.1, 0.15) is 0 Å². The summed E-state index contributed by atoms with van der Waals surface area (Å²) in [6.07, 6.45) is 7.20. The van der Waals surface area contributed by atoms with Gasteiger partial charge >= 0.3 is 0 Å². The van der Waals surface area contributed by atoms with Gasteiger partial charge in [0.15, 0.2) is 0 Å². The predicted molar refractivity (Wildman–Crippen MR) is 84.8 cm³/mol. The van der Waals surface area contributed by atoms with Crippen molar-refractivity contribution >= 4 is 11.6 Å². The Balaban J connectivity index is 1.89. The molecule has 1 amide bonds. The molecule has 0 radical (unpaired) electrons. The Bertz CT molecular complexity index is 522. The normalized spacial score (nSPS) is 14.5. The Morgan fingerprint density at radius 3 is 2.81 bits per heavy atom. The standard InChI is InChI=1S/C18H23NO2/c20-14-6-5-10-16-9-3-4-11-17(16)19-18(21)13-12-15-7-1-2-8-15/h3-4,9,11,15,20H,1-2,6-8,12-14H2,(H,19,21). The van der Waals surface area contributed by atoms with Crippen LogP contribution in [0.2, 0.25) is 0 Å². The first-order valence-electron chi connectivity index (χ1n) is 7.78. The van der Waals surface area contributed by atoms with Crippen molar-refractivity contribution < 1.29 is 9.90 Å². The molecule has 0 spiro atoms. The smallest absolute Gasteiger partial charge is 0.224 e. The van der Waals surface area contributed by atoms with E-state index in [0.29, 0.717) is 12.8 Å². The zero-order valence-corrected chi connectivity index (χ0v) is 12.4. The molecular formula is C18H23NO2. The summed E-state index contributed by atoms with van der Waals surface area (Å²) < 4.78 is 0. The van der Waals surface area contributed by atoms with Crippen LogP contribution in [0.4, 0.5) is 5.69 Å². The summed E-state index contributed by atoms with van der Waals surface area (Å²) >= 11 is 0. The summed E-state index contributed by atoms with van der Waals surface area (Å²) in [6, 6.07) is 7.55. The van der Waals surface area contributed by atoms with Gasteiger partial charge in [-0.3, -0.25) is 4.79 Å². The van der Waals surface area contributed by atoms with Crippen molar-refractivity contribution in [1.82, 2.24) is 0 Å². The topological polar surface area (TPSA) is 49.3 Å². The van der Waals surface area contributed by atoms with E-state index in [0.717, 1.165) is 23.6 Å². The van der Waals surface area contributed by atoms with Gasteiger partial charge in [0.05, 0.1) is 12.3 Å². The minimum Gasteiger partial charge on any atom is -0.395 e. The Hall–Kier alpha value is -1.79. The zero-order valence-electron chi connectivity index (χ0n) is 12.4. The van der Waals surface area contributed by atoms with E-state index in [4.69, 9.17) is 5.11 Å². The molecule has 0 bridgehead atoms. The predicted octanol–water partition coefficient (Wildman–Crippen LogP) is 3.33. The second kappa shape index (κ2) is 8.49. The second-order valence-corrected chi connectivity index (χ2v) is 5.56. The van der Waals surface area contributed by atoms with E-state index in [9.17, 15) is 4.79 Å². The monoisotopic (exact) mass is 285 g/mol. The number of nitrogens with one attached hydrogen (secondary N) is 1. The van der Waals surface area contributed by atoms with Crippen LogP contribution in [0.5, 0.6) is 0 Å². The molecule has 1 aliphatic rings. The van der Waals surface area contributed by atoms with Gasteiger partial charge in [-0.15, -0.1) is 0 Å². The van der Waals surface area contributed by atoms with Gasteiger partial charge in [0.2, 0.25) is 5.91 Å². The number of aliphatic hydroxyl groups is 1. The number of aliphatic hydroxyl groups excluding tert-OH is 1. The first-order chi connectivity index (χ1) is 10.3. The van der Waals surface area contributed by atoms with Crippen molar-refractivity contribution in [3.05, 3.63) is 29.8 Å². The molecule has 3 nitrogen and oxygen atoms in total. The van der Waals surface area contributed by atoms with Crippen LogP contribution in [0.25, 0.3) is 0 Å². The average molecular weight is 285 g/mol. The highest BCUT2D eigenvalue weighted by Crippen LogP contribution is 2.28. The number of hydrogen-bond donors (Lipinski definition) is 2. The highest BCUT2D eigenvalue weighted by atomic mass is 16.2. The minimum atomic E-state index is 0.0584. The maximum Gasteiger partial charge on any atom is 0.224 e. The van der Waals surface area contributed by atoms with E-state index >= 15 is 0 Å². The molecule has 1 aliphatic carbocycles.